The predicted octanol–water partition coefficient (Wildman–Crippen LogP) is 5.44. The van der Waals surface area contributed by atoms with Crippen LogP contribution >= 0.6 is 31.9 Å². The van der Waals surface area contributed by atoms with Crippen molar-refractivity contribution in [2.75, 3.05) is 6.54 Å². The van der Waals surface area contributed by atoms with E-state index in [1.54, 1.807) is 0 Å². The molecular formula is C19H20Br2N2. The van der Waals surface area contributed by atoms with Crippen LogP contribution in [-0.2, 0) is 13.1 Å². The zero-order valence-corrected chi connectivity index (χ0v) is 16.3. The Balaban J connectivity index is 2.08. The largest absolute Gasteiger partial charge is 0.294 e. The van der Waals surface area contributed by atoms with Gasteiger partial charge in [-0.2, -0.15) is 5.26 Å². The first kappa shape index (κ1) is 18.2. The van der Waals surface area contributed by atoms with E-state index < -0.39 is 0 Å². The van der Waals surface area contributed by atoms with Crippen molar-refractivity contribution in [2.45, 2.75) is 31.3 Å². The van der Waals surface area contributed by atoms with Crippen LogP contribution in [0.15, 0.2) is 53.0 Å². The molecule has 0 saturated carbocycles. The van der Waals surface area contributed by atoms with Gasteiger partial charge >= 0.3 is 0 Å². The molecule has 0 aromatic heterocycles. The maximum atomic E-state index is 8.89. The highest BCUT2D eigenvalue weighted by molar-refractivity contribution is 9.10. The standard InChI is InChI=1S/C19H20Br2N2/c1-15-2-4-16(5-3-15)12-23(14-19(21)10-11-22)13-17-6-8-18(20)9-7-17/h2-9,19H,10,12-14H2,1H3. The Hall–Kier alpha value is -1.15. The van der Waals surface area contributed by atoms with Crippen molar-refractivity contribution in [2.24, 2.45) is 0 Å². The number of aryl methyl sites for hydroxylation is 1. The summed E-state index contributed by atoms with van der Waals surface area (Å²) in [5.74, 6) is 0. The minimum absolute atomic E-state index is 0.188. The molecular weight excluding hydrogens is 416 g/mol. The highest BCUT2D eigenvalue weighted by atomic mass is 79.9. The van der Waals surface area contributed by atoms with Gasteiger partial charge in [0, 0.05) is 35.4 Å². The van der Waals surface area contributed by atoms with E-state index in [9.17, 15) is 0 Å². The van der Waals surface area contributed by atoms with Gasteiger partial charge in [-0.3, -0.25) is 4.90 Å². The number of hydrogen-bond donors (Lipinski definition) is 0. The topological polar surface area (TPSA) is 27.0 Å². The first-order valence-electron chi connectivity index (χ1n) is 7.60. The number of halogens is 2. The van der Waals surface area contributed by atoms with Crippen molar-refractivity contribution in [1.29, 1.82) is 5.26 Å². The van der Waals surface area contributed by atoms with E-state index in [4.69, 9.17) is 5.26 Å². The third-order valence-corrected chi connectivity index (χ3v) is 4.76. The molecule has 0 N–H and O–H groups in total. The maximum Gasteiger partial charge on any atom is 0.0634 e. The van der Waals surface area contributed by atoms with Crippen molar-refractivity contribution >= 4 is 31.9 Å². The van der Waals surface area contributed by atoms with Gasteiger partial charge < -0.3 is 0 Å². The first-order chi connectivity index (χ1) is 11.1. The fourth-order valence-electron chi connectivity index (χ4n) is 2.43. The summed E-state index contributed by atoms with van der Waals surface area (Å²) in [5, 5.41) is 8.89. The van der Waals surface area contributed by atoms with E-state index in [0.717, 1.165) is 24.1 Å². The van der Waals surface area contributed by atoms with Gasteiger partial charge in [0.1, 0.15) is 0 Å². The minimum Gasteiger partial charge on any atom is -0.294 e. The molecule has 0 aliphatic rings. The molecule has 0 aliphatic carbocycles. The lowest BCUT2D eigenvalue weighted by atomic mass is 10.1. The van der Waals surface area contributed by atoms with Gasteiger partial charge in [0.05, 0.1) is 6.07 Å². The number of hydrogen-bond acceptors (Lipinski definition) is 2. The molecule has 1 atom stereocenters. The second-order valence-corrected chi connectivity index (χ2v) is 7.95. The van der Waals surface area contributed by atoms with Gasteiger partial charge in [0.25, 0.3) is 0 Å². The number of nitrogens with zero attached hydrogens (tertiary/aromatic N) is 2. The lowest BCUT2D eigenvalue weighted by Crippen LogP contribution is -2.29. The summed E-state index contributed by atoms with van der Waals surface area (Å²) in [6, 6.07) is 19.3. The van der Waals surface area contributed by atoms with Crippen LogP contribution in [-0.4, -0.2) is 16.3 Å². The van der Waals surface area contributed by atoms with E-state index in [-0.39, 0.29) is 4.83 Å². The van der Waals surface area contributed by atoms with Gasteiger partial charge in [-0.1, -0.05) is 73.8 Å². The summed E-state index contributed by atoms with van der Waals surface area (Å²) >= 11 is 7.09. The van der Waals surface area contributed by atoms with Gasteiger partial charge in [-0.05, 0) is 30.2 Å². The predicted molar refractivity (Wildman–Crippen MR) is 102 cm³/mol. The molecule has 2 aromatic carbocycles. The third kappa shape index (κ3) is 6.47. The van der Waals surface area contributed by atoms with Crippen molar-refractivity contribution in [3.63, 3.8) is 0 Å². The zero-order valence-electron chi connectivity index (χ0n) is 13.2. The third-order valence-electron chi connectivity index (χ3n) is 3.62. The van der Waals surface area contributed by atoms with E-state index >= 15 is 0 Å². The average molecular weight is 436 g/mol. The van der Waals surface area contributed by atoms with Gasteiger partial charge in [-0.25, -0.2) is 0 Å². The van der Waals surface area contributed by atoms with E-state index in [1.807, 2.05) is 0 Å². The van der Waals surface area contributed by atoms with Crippen LogP contribution in [0.4, 0.5) is 0 Å². The molecule has 0 aliphatic heterocycles. The molecule has 0 bridgehead atoms. The lowest BCUT2D eigenvalue weighted by molar-refractivity contribution is 0.259. The molecule has 1 unspecified atom stereocenters. The second-order valence-electron chi connectivity index (χ2n) is 5.74. The van der Waals surface area contributed by atoms with E-state index in [2.05, 4.69) is 98.3 Å². The monoisotopic (exact) mass is 434 g/mol. The molecule has 0 fully saturated rings. The minimum atomic E-state index is 0.188. The van der Waals surface area contributed by atoms with Crippen LogP contribution < -0.4 is 0 Å². The highest BCUT2D eigenvalue weighted by Gasteiger charge is 2.13. The summed E-state index contributed by atoms with van der Waals surface area (Å²) in [4.78, 5) is 2.57. The number of alkyl halides is 1. The number of benzene rings is 2. The van der Waals surface area contributed by atoms with Crippen LogP contribution in [0.2, 0.25) is 0 Å². The Labute approximate surface area is 155 Å². The molecule has 2 rings (SSSR count). The van der Waals surface area contributed by atoms with Crippen LogP contribution in [0.1, 0.15) is 23.1 Å². The highest BCUT2D eigenvalue weighted by Crippen LogP contribution is 2.17. The first-order valence-corrected chi connectivity index (χ1v) is 9.31. The van der Waals surface area contributed by atoms with Gasteiger partial charge in [-0.15, -0.1) is 0 Å². The lowest BCUT2D eigenvalue weighted by Gasteiger charge is -2.24. The fourth-order valence-corrected chi connectivity index (χ4v) is 3.25. The zero-order chi connectivity index (χ0) is 16.7. The van der Waals surface area contributed by atoms with Crippen molar-refractivity contribution in [1.82, 2.24) is 4.90 Å². The molecule has 2 nitrogen and oxygen atoms in total. The Morgan fingerprint density at radius 2 is 1.52 bits per heavy atom. The normalized spacial score (nSPS) is 12.1. The SMILES string of the molecule is Cc1ccc(CN(Cc2ccc(Br)cc2)CC(Br)CC#N)cc1. The van der Waals surface area contributed by atoms with Crippen molar-refractivity contribution in [3.05, 3.63) is 69.7 Å². The van der Waals surface area contributed by atoms with Crippen molar-refractivity contribution < 1.29 is 0 Å². The summed E-state index contributed by atoms with van der Waals surface area (Å²) in [7, 11) is 0. The maximum absolute atomic E-state index is 8.89. The van der Waals surface area contributed by atoms with E-state index in [0.29, 0.717) is 6.42 Å². The van der Waals surface area contributed by atoms with Crippen LogP contribution in [0.5, 0.6) is 0 Å². The van der Waals surface area contributed by atoms with Crippen LogP contribution in [0.25, 0.3) is 0 Å². The van der Waals surface area contributed by atoms with Crippen LogP contribution in [0.3, 0.4) is 0 Å². The molecule has 0 spiro atoms. The molecule has 23 heavy (non-hydrogen) atoms. The molecule has 0 saturated heterocycles. The molecule has 4 heteroatoms. The smallest absolute Gasteiger partial charge is 0.0634 e. The Kier molecular flexibility index (Phi) is 7.29. The van der Waals surface area contributed by atoms with Gasteiger partial charge in [0.15, 0.2) is 0 Å². The van der Waals surface area contributed by atoms with Crippen LogP contribution in [0, 0.1) is 18.3 Å². The second kappa shape index (κ2) is 9.22. The Morgan fingerprint density at radius 1 is 1.00 bits per heavy atom. The molecule has 120 valence electrons. The Bertz CT molecular complexity index is 597. The van der Waals surface area contributed by atoms with Gasteiger partial charge in [0.2, 0.25) is 0 Å². The average Bonchev–Trinajstić information content (AvgIpc) is 2.52. The fraction of sp³-hybridized carbons (Fsp3) is 0.316. The summed E-state index contributed by atoms with van der Waals surface area (Å²) in [6.45, 7) is 4.70. The summed E-state index contributed by atoms with van der Waals surface area (Å²) < 4.78 is 1.09. The summed E-state index contributed by atoms with van der Waals surface area (Å²) in [6.07, 6.45) is 0.519. The molecule has 0 heterocycles. The van der Waals surface area contributed by atoms with E-state index in [1.165, 1.54) is 16.7 Å². The number of nitriles is 1. The quantitative estimate of drug-likeness (QED) is 0.541. The molecule has 2 aromatic rings. The Morgan fingerprint density at radius 3 is 2.04 bits per heavy atom. The summed E-state index contributed by atoms with van der Waals surface area (Å²) in [5.41, 5.74) is 3.84. The van der Waals surface area contributed by atoms with Crippen molar-refractivity contribution in [3.8, 4) is 6.07 Å². The molecule has 0 amide bonds. The number of rotatable bonds is 7. The molecule has 0 radical (unpaired) electrons.